The summed E-state index contributed by atoms with van der Waals surface area (Å²) in [5.41, 5.74) is 2.11. The lowest BCUT2D eigenvalue weighted by molar-refractivity contribution is 0.340. The highest BCUT2D eigenvalue weighted by Gasteiger charge is 2.12. The molecule has 3 aromatic rings. The summed E-state index contributed by atoms with van der Waals surface area (Å²) in [5.74, 6) is 8.40. The first-order valence-electron chi connectivity index (χ1n) is 7.48. The molecule has 3 rings (SSSR count). The van der Waals surface area contributed by atoms with Crippen LogP contribution in [0, 0.1) is 0 Å². The molecule has 0 atom stereocenters. The number of nitrogens with zero attached hydrogens (tertiary/aromatic N) is 3. The zero-order valence-electron chi connectivity index (χ0n) is 13.1. The van der Waals surface area contributed by atoms with Crippen LogP contribution in [0.1, 0.15) is 12.5 Å². The summed E-state index contributed by atoms with van der Waals surface area (Å²) in [7, 11) is 0. The maximum atomic E-state index is 6.15. The van der Waals surface area contributed by atoms with E-state index in [0.29, 0.717) is 17.6 Å². The molecule has 0 aliphatic carbocycles. The Hall–Kier alpha value is -1.99. The molecule has 0 aliphatic heterocycles. The Morgan fingerprint density at radius 2 is 1.79 bits per heavy atom. The quantitative estimate of drug-likeness (QED) is 0.494. The predicted octanol–water partition coefficient (Wildman–Crippen LogP) is 4.11. The first-order valence-corrected chi connectivity index (χ1v) is 9.26. The van der Waals surface area contributed by atoms with Gasteiger partial charge in [0.05, 0.1) is 6.61 Å². The molecule has 5 nitrogen and oxygen atoms in total. The highest BCUT2D eigenvalue weighted by molar-refractivity contribution is 9.10. The van der Waals surface area contributed by atoms with Crippen molar-refractivity contribution in [2.75, 3.05) is 12.4 Å². The fraction of sp³-hybridized carbons (Fsp3) is 0.176. The Labute approximate surface area is 153 Å². The number of benzene rings is 2. The lowest BCUT2D eigenvalue weighted by atomic mass is 10.2. The van der Waals surface area contributed by atoms with Crippen molar-refractivity contribution in [3.63, 3.8) is 0 Å². The second-order valence-corrected chi connectivity index (χ2v) is 6.91. The van der Waals surface area contributed by atoms with Gasteiger partial charge >= 0.3 is 0 Å². The van der Waals surface area contributed by atoms with Crippen LogP contribution in [0.4, 0.5) is 0 Å². The van der Waals surface area contributed by atoms with Gasteiger partial charge in [-0.05, 0) is 48.9 Å². The van der Waals surface area contributed by atoms with Gasteiger partial charge in [0.15, 0.2) is 5.82 Å². The van der Waals surface area contributed by atoms with Crippen LogP contribution in [-0.2, 0) is 5.75 Å². The molecule has 0 aliphatic rings. The van der Waals surface area contributed by atoms with E-state index in [4.69, 9.17) is 10.6 Å². The van der Waals surface area contributed by atoms with Gasteiger partial charge in [0.1, 0.15) is 5.75 Å². The molecule has 2 aromatic carbocycles. The Morgan fingerprint density at radius 3 is 2.46 bits per heavy atom. The van der Waals surface area contributed by atoms with Crippen LogP contribution < -0.4 is 10.6 Å². The van der Waals surface area contributed by atoms with Gasteiger partial charge in [0.25, 0.3) is 0 Å². The monoisotopic (exact) mass is 404 g/mol. The van der Waals surface area contributed by atoms with Crippen LogP contribution in [0.2, 0.25) is 0 Å². The fourth-order valence-electron chi connectivity index (χ4n) is 2.17. The molecule has 0 saturated heterocycles. The van der Waals surface area contributed by atoms with Gasteiger partial charge in [-0.1, -0.05) is 39.8 Å². The van der Waals surface area contributed by atoms with Crippen molar-refractivity contribution in [1.29, 1.82) is 0 Å². The molecule has 24 heavy (non-hydrogen) atoms. The number of nitrogens with two attached hydrogens (primary N) is 1. The highest BCUT2D eigenvalue weighted by atomic mass is 79.9. The highest BCUT2D eigenvalue weighted by Crippen LogP contribution is 2.26. The number of halogens is 1. The van der Waals surface area contributed by atoms with E-state index in [2.05, 4.69) is 38.3 Å². The summed E-state index contributed by atoms with van der Waals surface area (Å²) in [5, 5.41) is 9.08. The zero-order chi connectivity index (χ0) is 16.9. The number of hydrogen-bond acceptors (Lipinski definition) is 5. The maximum absolute atomic E-state index is 6.15. The molecule has 0 fully saturated rings. The van der Waals surface area contributed by atoms with Crippen LogP contribution in [0.15, 0.2) is 58.2 Å². The van der Waals surface area contributed by atoms with Crippen molar-refractivity contribution in [1.82, 2.24) is 14.9 Å². The summed E-state index contributed by atoms with van der Waals surface area (Å²) < 4.78 is 8.04. The Bertz CT molecular complexity index is 802. The molecule has 0 spiro atoms. The average molecular weight is 405 g/mol. The molecule has 1 aromatic heterocycles. The van der Waals surface area contributed by atoms with Crippen molar-refractivity contribution >= 4 is 27.7 Å². The molecular formula is C17H17BrN4OS. The van der Waals surface area contributed by atoms with Crippen LogP contribution in [0.25, 0.3) is 11.4 Å². The van der Waals surface area contributed by atoms with Gasteiger partial charge in [-0.15, -0.1) is 10.2 Å². The number of aromatic nitrogens is 3. The molecule has 1 heterocycles. The van der Waals surface area contributed by atoms with Crippen LogP contribution >= 0.6 is 27.7 Å². The minimum atomic E-state index is 0.636. The number of ether oxygens (including phenoxy) is 1. The zero-order valence-corrected chi connectivity index (χ0v) is 15.5. The van der Waals surface area contributed by atoms with E-state index in [0.717, 1.165) is 21.5 Å². The van der Waals surface area contributed by atoms with E-state index >= 15 is 0 Å². The third-order valence-electron chi connectivity index (χ3n) is 3.37. The lowest BCUT2D eigenvalue weighted by Crippen LogP contribution is -2.11. The topological polar surface area (TPSA) is 66.0 Å². The lowest BCUT2D eigenvalue weighted by Gasteiger charge is -2.06. The van der Waals surface area contributed by atoms with Crippen molar-refractivity contribution in [2.45, 2.75) is 17.8 Å². The van der Waals surface area contributed by atoms with Crippen molar-refractivity contribution in [3.8, 4) is 17.1 Å². The summed E-state index contributed by atoms with van der Waals surface area (Å²) >= 11 is 4.99. The molecule has 0 unspecified atom stereocenters. The Morgan fingerprint density at radius 1 is 1.08 bits per heavy atom. The van der Waals surface area contributed by atoms with E-state index in [1.165, 1.54) is 10.2 Å². The largest absolute Gasteiger partial charge is 0.494 e. The van der Waals surface area contributed by atoms with Crippen molar-refractivity contribution < 1.29 is 4.74 Å². The van der Waals surface area contributed by atoms with E-state index in [1.54, 1.807) is 11.8 Å². The smallest absolute Gasteiger partial charge is 0.210 e. The third-order valence-corrected chi connectivity index (χ3v) is 4.91. The summed E-state index contributed by atoms with van der Waals surface area (Å²) in [6, 6.07) is 15.9. The first-order chi connectivity index (χ1) is 11.7. The van der Waals surface area contributed by atoms with Gasteiger partial charge < -0.3 is 10.6 Å². The van der Waals surface area contributed by atoms with E-state index in [1.807, 2.05) is 43.3 Å². The minimum Gasteiger partial charge on any atom is -0.494 e. The van der Waals surface area contributed by atoms with Gasteiger partial charge in [0, 0.05) is 15.8 Å². The van der Waals surface area contributed by atoms with Crippen LogP contribution in [-0.4, -0.2) is 21.5 Å². The van der Waals surface area contributed by atoms with E-state index in [-0.39, 0.29) is 0 Å². The fourth-order valence-corrected chi connectivity index (χ4v) is 3.24. The first kappa shape index (κ1) is 16.9. The Balaban J connectivity index is 1.72. The molecular weight excluding hydrogens is 388 g/mol. The number of hydrogen-bond donors (Lipinski definition) is 1. The second-order valence-electron chi connectivity index (χ2n) is 5.05. The molecule has 0 bridgehead atoms. The second kappa shape index (κ2) is 7.72. The summed E-state index contributed by atoms with van der Waals surface area (Å²) in [6.07, 6.45) is 0. The van der Waals surface area contributed by atoms with Gasteiger partial charge in [-0.25, -0.2) is 4.68 Å². The minimum absolute atomic E-state index is 0.636. The number of nitrogen functional groups attached to an aromatic ring is 1. The van der Waals surface area contributed by atoms with E-state index in [9.17, 15) is 0 Å². The van der Waals surface area contributed by atoms with Gasteiger partial charge in [-0.3, -0.25) is 0 Å². The van der Waals surface area contributed by atoms with Crippen LogP contribution in [0.3, 0.4) is 0 Å². The summed E-state index contributed by atoms with van der Waals surface area (Å²) in [6.45, 7) is 2.60. The van der Waals surface area contributed by atoms with Crippen molar-refractivity contribution in [2.24, 2.45) is 0 Å². The molecule has 0 amide bonds. The maximum Gasteiger partial charge on any atom is 0.210 e. The molecule has 2 N–H and O–H groups in total. The SMILES string of the molecule is CCOc1ccc(-c2nnc(SCc3ccc(Br)cc3)n2N)cc1. The van der Waals surface area contributed by atoms with Gasteiger partial charge in [0.2, 0.25) is 5.16 Å². The molecule has 124 valence electrons. The average Bonchev–Trinajstić information content (AvgIpc) is 2.96. The standard InChI is InChI=1S/C17H17BrN4OS/c1-2-23-15-9-5-13(6-10-15)16-20-21-17(22(16)19)24-11-12-3-7-14(18)8-4-12/h3-10H,2,11,19H2,1H3. The van der Waals surface area contributed by atoms with Gasteiger partial charge in [-0.2, -0.15) is 0 Å². The third kappa shape index (κ3) is 3.91. The summed E-state index contributed by atoms with van der Waals surface area (Å²) in [4.78, 5) is 0. The predicted molar refractivity (Wildman–Crippen MR) is 100 cm³/mol. The number of thioether (sulfide) groups is 1. The van der Waals surface area contributed by atoms with Crippen LogP contribution in [0.5, 0.6) is 5.75 Å². The molecule has 0 saturated carbocycles. The molecule has 0 radical (unpaired) electrons. The van der Waals surface area contributed by atoms with E-state index < -0.39 is 0 Å². The number of rotatable bonds is 6. The van der Waals surface area contributed by atoms with Crippen molar-refractivity contribution in [3.05, 3.63) is 58.6 Å². The molecule has 7 heteroatoms. The normalized spacial score (nSPS) is 10.8. The Kier molecular flexibility index (Phi) is 5.42.